The molecule has 0 radical (unpaired) electrons. The van der Waals surface area contributed by atoms with Crippen molar-refractivity contribution in [2.45, 2.75) is 26.5 Å². The minimum atomic E-state index is 0.0662. The number of hydrogen-bond donors (Lipinski definition) is 1. The van der Waals surface area contributed by atoms with Gasteiger partial charge in [0.05, 0.1) is 6.61 Å². The van der Waals surface area contributed by atoms with Gasteiger partial charge in [0.15, 0.2) is 0 Å². The Kier molecular flexibility index (Phi) is 4.63. The third-order valence-corrected chi connectivity index (χ3v) is 4.49. The molecule has 0 atom stereocenters. The highest BCUT2D eigenvalue weighted by Crippen LogP contribution is 2.27. The smallest absolute Gasteiger partial charge is 0.0702 e. The van der Waals surface area contributed by atoms with Gasteiger partial charge in [-0.1, -0.05) is 61.5 Å². The summed E-state index contributed by atoms with van der Waals surface area (Å²) in [7, 11) is 2.09. The lowest BCUT2D eigenvalue weighted by Crippen LogP contribution is -2.19. The molecule has 0 spiro atoms. The van der Waals surface area contributed by atoms with Gasteiger partial charge in [0.1, 0.15) is 0 Å². The van der Waals surface area contributed by atoms with Crippen LogP contribution < -0.4 is 4.90 Å². The Hall–Kier alpha value is -2.32. The Bertz CT molecular complexity index is 810. The van der Waals surface area contributed by atoms with Gasteiger partial charge in [-0.05, 0) is 34.4 Å². The SMILES string of the molecule is CCc1ccc2ccccc2c1CN(C)c1ccccc1CO. The van der Waals surface area contributed by atoms with E-state index in [1.165, 1.54) is 21.9 Å². The van der Waals surface area contributed by atoms with Crippen molar-refractivity contribution >= 4 is 16.5 Å². The fourth-order valence-corrected chi connectivity index (χ4v) is 3.24. The average molecular weight is 305 g/mol. The highest BCUT2D eigenvalue weighted by atomic mass is 16.3. The molecule has 0 aromatic heterocycles. The number of aliphatic hydroxyl groups is 1. The summed E-state index contributed by atoms with van der Waals surface area (Å²) in [4.78, 5) is 2.23. The first-order valence-corrected chi connectivity index (χ1v) is 8.14. The number of para-hydroxylation sites is 1. The first-order valence-electron chi connectivity index (χ1n) is 8.14. The van der Waals surface area contributed by atoms with Crippen molar-refractivity contribution in [3.05, 3.63) is 77.4 Å². The van der Waals surface area contributed by atoms with E-state index in [2.05, 4.69) is 61.3 Å². The van der Waals surface area contributed by atoms with Crippen LogP contribution >= 0.6 is 0 Å². The van der Waals surface area contributed by atoms with Crippen molar-refractivity contribution in [3.8, 4) is 0 Å². The van der Waals surface area contributed by atoms with E-state index in [1.54, 1.807) is 0 Å². The number of benzene rings is 3. The fourth-order valence-electron chi connectivity index (χ4n) is 3.24. The number of fused-ring (bicyclic) bond motifs is 1. The van der Waals surface area contributed by atoms with Crippen LogP contribution in [0.3, 0.4) is 0 Å². The summed E-state index contributed by atoms with van der Waals surface area (Å²) in [5.41, 5.74) is 4.82. The molecule has 3 aromatic carbocycles. The zero-order valence-corrected chi connectivity index (χ0v) is 13.8. The van der Waals surface area contributed by atoms with Gasteiger partial charge in [0, 0.05) is 24.8 Å². The predicted octanol–water partition coefficient (Wildman–Crippen LogP) is 4.53. The van der Waals surface area contributed by atoms with E-state index >= 15 is 0 Å². The van der Waals surface area contributed by atoms with Crippen LogP contribution in [0.2, 0.25) is 0 Å². The van der Waals surface area contributed by atoms with Gasteiger partial charge in [-0.3, -0.25) is 0 Å². The molecule has 118 valence electrons. The molecule has 0 aliphatic rings. The fraction of sp³-hybridized carbons (Fsp3) is 0.238. The van der Waals surface area contributed by atoms with Gasteiger partial charge in [-0.15, -0.1) is 0 Å². The van der Waals surface area contributed by atoms with Crippen molar-refractivity contribution < 1.29 is 5.11 Å². The Morgan fingerprint density at radius 3 is 2.39 bits per heavy atom. The molecule has 0 amide bonds. The zero-order chi connectivity index (χ0) is 16.2. The highest BCUT2D eigenvalue weighted by molar-refractivity contribution is 5.87. The maximum Gasteiger partial charge on any atom is 0.0702 e. The van der Waals surface area contributed by atoms with Crippen molar-refractivity contribution in [2.75, 3.05) is 11.9 Å². The van der Waals surface area contributed by atoms with Gasteiger partial charge in [0.2, 0.25) is 0 Å². The Labute approximate surface area is 138 Å². The molecule has 0 unspecified atom stereocenters. The molecular formula is C21H23NO. The monoisotopic (exact) mass is 305 g/mol. The van der Waals surface area contributed by atoms with E-state index in [0.29, 0.717) is 0 Å². The standard InChI is InChI=1S/C21H23NO/c1-3-16-12-13-17-8-4-6-10-19(17)20(16)14-22(2)21-11-7-5-9-18(21)15-23/h4-13,23H,3,14-15H2,1-2H3. The molecule has 0 fully saturated rings. The summed E-state index contributed by atoms with van der Waals surface area (Å²) in [5.74, 6) is 0. The summed E-state index contributed by atoms with van der Waals surface area (Å²) >= 11 is 0. The first kappa shape index (κ1) is 15.6. The molecule has 0 saturated heterocycles. The molecule has 2 heteroatoms. The van der Waals surface area contributed by atoms with Crippen LogP contribution in [0.5, 0.6) is 0 Å². The molecular weight excluding hydrogens is 282 g/mol. The van der Waals surface area contributed by atoms with Crippen molar-refractivity contribution in [1.29, 1.82) is 0 Å². The number of aryl methyl sites for hydroxylation is 1. The second kappa shape index (κ2) is 6.84. The molecule has 0 saturated carbocycles. The Balaban J connectivity index is 2.03. The van der Waals surface area contributed by atoms with Crippen LogP contribution in [0, 0.1) is 0 Å². The Morgan fingerprint density at radius 2 is 1.61 bits per heavy atom. The van der Waals surface area contributed by atoms with Gasteiger partial charge in [-0.2, -0.15) is 0 Å². The molecule has 3 rings (SSSR count). The maximum atomic E-state index is 9.58. The summed E-state index contributed by atoms with van der Waals surface area (Å²) in [6.07, 6.45) is 1.02. The van der Waals surface area contributed by atoms with E-state index in [4.69, 9.17) is 0 Å². The van der Waals surface area contributed by atoms with Gasteiger partial charge >= 0.3 is 0 Å². The van der Waals surface area contributed by atoms with E-state index in [1.807, 2.05) is 18.2 Å². The minimum absolute atomic E-state index is 0.0662. The third kappa shape index (κ3) is 3.08. The molecule has 2 nitrogen and oxygen atoms in total. The zero-order valence-electron chi connectivity index (χ0n) is 13.8. The third-order valence-electron chi connectivity index (χ3n) is 4.49. The summed E-state index contributed by atoms with van der Waals surface area (Å²) < 4.78 is 0. The predicted molar refractivity (Wildman–Crippen MR) is 97.8 cm³/mol. The van der Waals surface area contributed by atoms with Crippen molar-refractivity contribution in [2.24, 2.45) is 0 Å². The van der Waals surface area contributed by atoms with E-state index in [-0.39, 0.29) is 6.61 Å². The number of rotatable bonds is 5. The Morgan fingerprint density at radius 1 is 0.870 bits per heavy atom. The quantitative estimate of drug-likeness (QED) is 0.748. The summed E-state index contributed by atoms with van der Waals surface area (Å²) in [5, 5.41) is 12.2. The summed E-state index contributed by atoms with van der Waals surface area (Å²) in [6.45, 7) is 3.10. The molecule has 0 heterocycles. The second-order valence-corrected chi connectivity index (χ2v) is 5.92. The molecule has 1 N–H and O–H groups in total. The topological polar surface area (TPSA) is 23.5 Å². The lowest BCUT2D eigenvalue weighted by molar-refractivity contribution is 0.282. The molecule has 0 aliphatic carbocycles. The minimum Gasteiger partial charge on any atom is -0.392 e. The number of anilines is 1. The highest BCUT2D eigenvalue weighted by Gasteiger charge is 2.11. The van der Waals surface area contributed by atoms with Crippen LogP contribution in [-0.2, 0) is 19.6 Å². The number of nitrogens with zero attached hydrogens (tertiary/aromatic N) is 1. The van der Waals surface area contributed by atoms with Crippen LogP contribution in [0.25, 0.3) is 10.8 Å². The lowest BCUT2D eigenvalue weighted by atomic mass is 9.97. The van der Waals surface area contributed by atoms with Gasteiger partial charge in [0.25, 0.3) is 0 Å². The van der Waals surface area contributed by atoms with Crippen LogP contribution in [0.15, 0.2) is 60.7 Å². The molecule has 0 aliphatic heterocycles. The first-order chi connectivity index (χ1) is 11.2. The van der Waals surface area contributed by atoms with E-state index < -0.39 is 0 Å². The average Bonchev–Trinajstić information content (AvgIpc) is 2.61. The molecule has 23 heavy (non-hydrogen) atoms. The molecule has 0 bridgehead atoms. The number of aliphatic hydroxyl groups excluding tert-OH is 1. The maximum absolute atomic E-state index is 9.58. The molecule has 3 aromatic rings. The second-order valence-electron chi connectivity index (χ2n) is 5.92. The van der Waals surface area contributed by atoms with Crippen molar-refractivity contribution in [3.63, 3.8) is 0 Å². The van der Waals surface area contributed by atoms with Crippen LogP contribution in [0.1, 0.15) is 23.6 Å². The largest absolute Gasteiger partial charge is 0.392 e. The lowest BCUT2D eigenvalue weighted by Gasteiger charge is -2.24. The summed E-state index contributed by atoms with van der Waals surface area (Å²) in [6, 6.07) is 21.1. The van der Waals surface area contributed by atoms with Crippen molar-refractivity contribution in [1.82, 2.24) is 0 Å². The van der Waals surface area contributed by atoms with Crippen LogP contribution in [0.4, 0.5) is 5.69 Å². The van der Waals surface area contributed by atoms with Gasteiger partial charge in [-0.25, -0.2) is 0 Å². The normalized spacial score (nSPS) is 10.9. The van der Waals surface area contributed by atoms with E-state index in [0.717, 1.165) is 24.2 Å². The van der Waals surface area contributed by atoms with E-state index in [9.17, 15) is 5.11 Å². The number of hydrogen-bond acceptors (Lipinski definition) is 2. The van der Waals surface area contributed by atoms with Crippen LogP contribution in [-0.4, -0.2) is 12.2 Å². The van der Waals surface area contributed by atoms with Gasteiger partial charge < -0.3 is 10.0 Å².